The molecule has 0 aromatic carbocycles. The highest BCUT2D eigenvalue weighted by molar-refractivity contribution is 7.92. The molecule has 1 rings (SSSR count). The molecular weight excluding hydrogens is 252 g/mol. The Morgan fingerprint density at radius 2 is 1.72 bits per heavy atom. The van der Waals surface area contributed by atoms with Crippen molar-refractivity contribution < 1.29 is 18.3 Å². The first-order valence-electron chi connectivity index (χ1n) is 6.94. The van der Waals surface area contributed by atoms with Gasteiger partial charge in [-0.1, -0.05) is 25.7 Å². The van der Waals surface area contributed by atoms with Gasteiger partial charge in [0.15, 0.2) is 9.84 Å². The molecule has 1 N–H and O–H groups in total. The summed E-state index contributed by atoms with van der Waals surface area (Å²) in [7, 11) is -3.24. The molecule has 1 aliphatic rings. The van der Waals surface area contributed by atoms with Gasteiger partial charge in [-0.3, -0.25) is 0 Å². The van der Waals surface area contributed by atoms with Crippen LogP contribution in [0.15, 0.2) is 0 Å². The lowest BCUT2D eigenvalue weighted by Gasteiger charge is -2.18. The molecule has 0 heterocycles. The standard InChI is InChI=1S/C13H26O4S/c1-11(14)12(2)18(15,16)10-9-17-13-7-5-3-4-6-8-13/h11-14H,3-10H2,1-2H3. The number of hydrogen-bond donors (Lipinski definition) is 1. The van der Waals surface area contributed by atoms with E-state index in [9.17, 15) is 13.5 Å². The summed E-state index contributed by atoms with van der Waals surface area (Å²) < 4.78 is 29.4. The minimum Gasteiger partial charge on any atom is -0.392 e. The monoisotopic (exact) mass is 278 g/mol. The molecule has 5 heteroatoms. The van der Waals surface area contributed by atoms with Crippen LogP contribution in [0.2, 0.25) is 0 Å². The first-order valence-corrected chi connectivity index (χ1v) is 8.66. The van der Waals surface area contributed by atoms with Gasteiger partial charge in [0.25, 0.3) is 0 Å². The Hall–Kier alpha value is -0.130. The highest BCUT2D eigenvalue weighted by Gasteiger charge is 2.25. The molecule has 1 aliphatic carbocycles. The van der Waals surface area contributed by atoms with E-state index in [0.29, 0.717) is 0 Å². The van der Waals surface area contributed by atoms with Gasteiger partial charge in [0.1, 0.15) is 0 Å². The summed E-state index contributed by atoms with van der Waals surface area (Å²) >= 11 is 0. The number of rotatable bonds is 6. The van der Waals surface area contributed by atoms with Gasteiger partial charge < -0.3 is 9.84 Å². The summed E-state index contributed by atoms with van der Waals surface area (Å²) in [6.07, 6.45) is 6.38. The highest BCUT2D eigenvalue weighted by Crippen LogP contribution is 2.20. The fourth-order valence-electron chi connectivity index (χ4n) is 2.23. The van der Waals surface area contributed by atoms with Crippen molar-refractivity contribution in [3.8, 4) is 0 Å². The van der Waals surface area contributed by atoms with Gasteiger partial charge in [0.05, 0.1) is 29.8 Å². The van der Waals surface area contributed by atoms with Crippen molar-refractivity contribution in [3.63, 3.8) is 0 Å². The van der Waals surface area contributed by atoms with E-state index in [0.717, 1.165) is 12.8 Å². The van der Waals surface area contributed by atoms with Crippen LogP contribution in [-0.2, 0) is 14.6 Å². The molecule has 0 aliphatic heterocycles. The Labute approximate surface area is 111 Å². The maximum atomic E-state index is 11.8. The summed E-state index contributed by atoms with van der Waals surface area (Å²) in [4.78, 5) is 0. The van der Waals surface area contributed by atoms with Gasteiger partial charge in [-0.2, -0.15) is 0 Å². The third-order valence-electron chi connectivity index (χ3n) is 3.77. The predicted molar refractivity (Wildman–Crippen MR) is 72.4 cm³/mol. The van der Waals surface area contributed by atoms with E-state index in [1.54, 1.807) is 6.92 Å². The van der Waals surface area contributed by atoms with E-state index in [-0.39, 0.29) is 18.5 Å². The number of sulfone groups is 1. The molecule has 2 atom stereocenters. The van der Waals surface area contributed by atoms with Crippen molar-refractivity contribution >= 4 is 9.84 Å². The normalized spacial score (nSPS) is 22.4. The predicted octanol–water partition coefficient (Wildman–Crippen LogP) is 1.91. The Morgan fingerprint density at radius 3 is 2.22 bits per heavy atom. The summed E-state index contributed by atoms with van der Waals surface area (Å²) in [5, 5.41) is 8.61. The number of ether oxygens (including phenoxy) is 1. The van der Waals surface area contributed by atoms with Crippen LogP contribution >= 0.6 is 0 Å². The van der Waals surface area contributed by atoms with E-state index >= 15 is 0 Å². The molecular formula is C13H26O4S. The second-order valence-electron chi connectivity index (χ2n) is 5.30. The van der Waals surface area contributed by atoms with E-state index in [1.807, 2.05) is 0 Å². The maximum absolute atomic E-state index is 11.8. The average Bonchev–Trinajstić information content (AvgIpc) is 2.56. The van der Waals surface area contributed by atoms with Crippen LogP contribution < -0.4 is 0 Å². The van der Waals surface area contributed by atoms with Crippen molar-refractivity contribution in [2.24, 2.45) is 0 Å². The molecule has 1 fully saturated rings. The molecule has 4 nitrogen and oxygen atoms in total. The van der Waals surface area contributed by atoms with Gasteiger partial charge in [0, 0.05) is 0 Å². The summed E-state index contributed by atoms with van der Waals surface area (Å²) in [5.41, 5.74) is 0. The van der Waals surface area contributed by atoms with Crippen LogP contribution in [0.3, 0.4) is 0 Å². The third-order valence-corrected chi connectivity index (χ3v) is 6.03. The van der Waals surface area contributed by atoms with Crippen LogP contribution in [0, 0.1) is 0 Å². The van der Waals surface area contributed by atoms with Crippen LogP contribution in [0.4, 0.5) is 0 Å². The zero-order valence-corrected chi connectivity index (χ0v) is 12.3. The molecule has 0 saturated heterocycles. The largest absolute Gasteiger partial charge is 0.392 e. The zero-order chi connectivity index (χ0) is 13.6. The Bertz CT molecular complexity index is 316. The van der Waals surface area contributed by atoms with Crippen molar-refractivity contribution in [2.45, 2.75) is 69.8 Å². The number of aliphatic hydroxyl groups is 1. The quantitative estimate of drug-likeness (QED) is 0.754. The van der Waals surface area contributed by atoms with E-state index in [4.69, 9.17) is 4.74 Å². The number of hydrogen-bond acceptors (Lipinski definition) is 4. The smallest absolute Gasteiger partial charge is 0.157 e. The van der Waals surface area contributed by atoms with Gasteiger partial charge in [-0.25, -0.2) is 8.42 Å². The first-order chi connectivity index (χ1) is 8.43. The Balaban J connectivity index is 2.31. The minimum absolute atomic E-state index is 0.00949. The van der Waals surface area contributed by atoms with Gasteiger partial charge in [-0.15, -0.1) is 0 Å². The molecule has 0 spiro atoms. The topological polar surface area (TPSA) is 63.6 Å². The second-order valence-corrected chi connectivity index (χ2v) is 7.77. The zero-order valence-electron chi connectivity index (χ0n) is 11.5. The van der Waals surface area contributed by atoms with Crippen LogP contribution in [0.1, 0.15) is 52.4 Å². The summed E-state index contributed by atoms with van der Waals surface area (Å²) in [5.74, 6) is 0.00949. The van der Waals surface area contributed by atoms with Gasteiger partial charge in [-0.05, 0) is 26.7 Å². The Kier molecular flexibility index (Phi) is 6.60. The average molecular weight is 278 g/mol. The lowest BCUT2D eigenvalue weighted by atomic mass is 10.1. The van der Waals surface area contributed by atoms with Crippen molar-refractivity contribution in [2.75, 3.05) is 12.4 Å². The summed E-state index contributed by atoms with van der Waals surface area (Å²) in [6, 6.07) is 0. The highest BCUT2D eigenvalue weighted by atomic mass is 32.2. The minimum atomic E-state index is -3.24. The number of aliphatic hydroxyl groups excluding tert-OH is 1. The fraction of sp³-hybridized carbons (Fsp3) is 1.00. The second kappa shape index (κ2) is 7.46. The van der Waals surface area contributed by atoms with E-state index < -0.39 is 21.2 Å². The van der Waals surface area contributed by atoms with Crippen LogP contribution in [-0.4, -0.2) is 43.3 Å². The van der Waals surface area contributed by atoms with E-state index in [1.165, 1.54) is 32.6 Å². The first kappa shape index (κ1) is 15.9. The molecule has 2 unspecified atom stereocenters. The molecule has 0 radical (unpaired) electrons. The molecule has 108 valence electrons. The van der Waals surface area contributed by atoms with Gasteiger partial charge >= 0.3 is 0 Å². The molecule has 0 aromatic heterocycles. The molecule has 0 aromatic rings. The lowest BCUT2D eigenvalue weighted by Crippen LogP contribution is -2.32. The van der Waals surface area contributed by atoms with Gasteiger partial charge in [0.2, 0.25) is 0 Å². The van der Waals surface area contributed by atoms with Crippen molar-refractivity contribution in [1.82, 2.24) is 0 Å². The SMILES string of the molecule is CC(O)C(C)S(=O)(=O)CCOC1CCCCCC1. The van der Waals surface area contributed by atoms with Crippen LogP contribution in [0.25, 0.3) is 0 Å². The molecule has 0 amide bonds. The molecule has 18 heavy (non-hydrogen) atoms. The molecule has 0 bridgehead atoms. The maximum Gasteiger partial charge on any atom is 0.157 e. The summed E-state index contributed by atoms with van der Waals surface area (Å²) in [6.45, 7) is 3.31. The van der Waals surface area contributed by atoms with Crippen molar-refractivity contribution in [1.29, 1.82) is 0 Å². The molecule has 1 saturated carbocycles. The fourth-order valence-corrected chi connectivity index (χ4v) is 3.53. The van der Waals surface area contributed by atoms with E-state index in [2.05, 4.69) is 0 Å². The lowest BCUT2D eigenvalue weighted by molar-refractivity contribution is 0.0534. The Morgan fingerprint density at radius 1 is 1.17 bits per heavy atom. The van der Waals surface area contributed by atoms with Crippen LogP contribution in [0.5, 0.6) is 0 Å². The van der Waals surface area contributed by atoms with Crippen molar-refractivity contribution in [3.05, 3.63) is 0 Å². The third kappa shape index (κ3) is 5.24.